The molecule has 0 amide bonds. The minimum Gasteiger partial charge on any atom is -0.361 e. The van der Waals surface area contributed by atoms with Crippen molar-refractivity contribution in [3.63, 3.8) is 0 Å². The molecule has 0 fully saturated rings. The number of nitro benzene ring substituents is 1. The number of nitrogens with one attached hydrogen (secondary N) is 1. The Morgan fingerprint density at radius 3 is 2.55 bits per heavy atom. The number of non-ortho nitro benzene ring substituents is 1. The van der Waals surface area contributed by atoms with E-state index in [-0.39, 0.29) is 11.5 Å². The average molecular weight is 268 g/mol. The second kappa shape index (κ2) is 6.29. The van der Waals surface area contributed by atoms with Gasteiger partial charge in [0.05, 0.1) is 4.92 Å². The van der Waals surface area contributed by atoms with E-state index in [1.165, 1.54) is 24.4 Å². The van der Waals surface area contributed by atoms with Crippen molar-refractivity contribution in [2.75, 3.05) is 5.32 Å². The second-order valence-electron chi connectivity index (χ2n) is 4.02. The maximum Gasteiger partial charge on any atom is 0.271 e. The number of hydrogen-bond acceptors (Lipinski definition) is 4. The highest BCUT2D eigenvalue weighted by Crippen LogP contribution is 2.16. The summed E-state index contributed by atoms with van der Waals surface area (Å²) in [5.41, 5.74) is 1.14. The molecule has 0 bridgehead atoms. The summed E-state index contributed by atoms with van der Waals surface area (Å²) in [4.78, 5) is 21.9. The molecular formula is C15H12N2O3. The van der Waals surface area contributed by atoms with E-state index in [4.69, 9.17) is 0 Å². The van der Waals surface area contributed by atoms with Crippen molar-refractivity contribution in [3.8, 4) is 0 Å². The van der Waals surface area contributed by atoms with Crippen LogP contribution in [0.4, 0.5) is 11.4 Å². The Balaban J connectivity index is 2.02. The summed E-state index contributed by atoms with van der Waals surface area (Å²) in [7, 11) is 0. The molecule has 0 radical (unpaired) electrons. The van der Waals surface area contributed by atoms with Gasteiger partial charge in [0.25, 0.3) is 5.69 Å². The van der Waals surface area contributed by atoms with E-state index in [0.29, 0.717) is 11.3 Å². The molecule has 0 unspecified atom stereocenters. The standard InChI is InChI=1S/C15H12N2O3/c18-15(12-5-2-1-3-6-12)9-10-16-13-7-4-8-14(11-13)17(19)20/h1-11,16H. The number of nitrogens with zero attached hydrogens (tertiary/aromatic N) is 1. The van der Waals surface area contributed by atoms with Crippen LogP contribution in [-0.4, -0.2) is 10.7 Å². The summed E-state index contributed by atoms with van der Waals surface area (Å²) in [6.07, 6.45) is 2.85. The van der Waals surface area contributed by atoms with Crippen LogP contribution in [0.25, 0.3) is 0 Å². The molecule has 1 N–H and O–H groups in total. The van der Waals surface area contributed by atoms with Crippen molar-refractivity contribution in [1.82, 2.24) is 0 Å². The first-order valence-electron chi connectivity index (χ1n) is 5.94. The first-order valence-corrected chi connectivity index (χ1v) is 5.94. The lowest BCUT2D eigenvalue weighted by Gasteiger charge is -2.00. The molecule has 0 saturated carbocycles. The molecule has 5 nitrogen and oxygen atoms in total. The first-order chi connectivity index (χ1) is 9.66. The zero-order valence-electron chi connectivity index (χ0n) is 10.5. The third-order valence-corrected chi connectivity index (χ3v) is 2.60. The molecule has 0 spiro atoms. The zero-order chi connectivity index (χ0) is 14.4. The van der Waals surface area contributed by atoms with Gasteiger partial charge in [-0.15, -0.1) is 0 Å². The first kappa shape index (κ1) is 13.5. The van der Waals surface area contributed by atoms with Gasteiger partial charge in [0.15, 0.2) is 5.78 Å². The fourth-order valence-electron chi connectivity index (χ4n) is 1.62. The van der Waals surface area contributed by atoms with E-state index in [0.717, 1.165) is 0 Å². The van der Waals surface area contributed by atoms with Gasteiger partial charge in [-0.2, -0.15) is 0 Å². The van der Waals surface area contributed by atoms with Crippen LogP contribution in [-0.2, 0) is 0 Å². The lowest BCUT2D eigenvalue weighted by molar-refractivity contribution is -0.384. The molecule has 0 aliphatic carbocycles. The van der Waals surface area contributed by atoms with Gasteiger partial charge in [0.1, 0.15) is 0 Å². The molecule has 2 aromatic rings. The smallest absolute Gasteiger partial charge is 0.271 e. The molecule has 0 aliphatic heterocycles. The van der Waals surface area contributed by atoms with Gasteiger partial charge in [-0.05, 0) is 6.07 Å². The Bertz CT molecular complexity index is 651. The zero-order valence-corrected chi connectivity index (χ0v) is 10.5. The van der Waals surface area contributed by atoms with Crippen LogP contribution in [0.5, 0.6) is 0 Å². The number of rotatable bonds is 5. The van der Waals surface area contributed by atoms with E-state index in [9.17, 15) is 14.9 Å². The molecule has 0 heterocycles. The number of anilines is 1. The van der Waals surface area contributed by atoms with Crippen molar-refractivity contribution in [3.05, 3.63) is 82.6 Å². The molecular weight excluding hydrogens is 256 g/mol. The fraction of sp³-hybridized carbons (Fsp3) is 0. The predicted octanol–water partition coefficient (Wildman–Crippen LogP) is 3.40. The molecule has 0 atom stereocenters. The van der Waals surface area contributed by atoms with Gasteiger partial charge in [0, 0.05) is 35.7 Å². The maximum atomic E-state index is 11.8. The monoisotopic (exact) mass is 268 g/mol. The molecule has 5 heteroatoms. The van der Waals surface area contributed by atoms with Crippen LogP contribution in [0.1, 0.15) is 10.4 Å². The summed E-state index contributed by atoms with van der Waals surface area (Å²) >= 11 is 0. The van der Waals surface area contributed by atoms with Gasteiger partial charge in [-0.3, -0.25) is 14.9 Å². The van der Waals surface area contributed by atoms with Crippen LogP contribution in [0, 0.1) is 10.1 Å². The molecule has 20 heavy (non-hydrogen) atoms. The molecule has 0 saturated heterocycles. The second-order valence-corrected chi connectivity index (χ2v) is 4.02. The van der Waals surface area contributed by atoms with Crippen molar-refractivity contribution in [2.24, 2.45) is 0 Å². The average Bonchev–Trinajstić information content (AvgIpc) is 2.48. The van der Waals surface area contributed by atoms with Crippen molar-refractivity contribution in [1.29, 1.82) is 0 Å². The summed E-state index contributed by atoms with van der Waals surface area (Å²) in [5, 5.41) is 13.5. The summed E-state index contributed by atoms with van der Waals surface area (Å²) in [6, 6.07) is 14.9. The Morgan fingerprint density at radius 2 is 1.85 bits per heavy atom. The van der Waals surface area contributed by atoms with E-state index in [2.05, 4.69) is 5.32 Å². The lowest BCUT2D eigenvalue weighted by atomic mass is 10.1. The Morgan fingerprint density at radius 1 is 1.10 bits per heavy atom. The van der Waals surface area contributed by atoms with Crippen LogP contribution < -0.4 is 5.32 Å². The quantitative estimate of drug-likeness (QED) is 0.390. The number of carbonyl (C=O) groups excluding carboxylic acids is 1. The minimum atomic E-state index is -0.468. The Hall–Kier alpha value is -2.95. The van der Waals surface area contributed by atoms with Crippen LogP contribution in [0.2, 0.25) is 0 Å². The third-order valence-electron chi connectivity index (χ3n) is 2.60. The van der Waals surface area contributed by atoms with E-state index in [1.54, 1.807) is 36.4 Å². The Kier molecular flexibility index (Phi) is 4.24. The van der Waals surface area contributed by atoms with Gasteiger partial charge in [-0.25, -0.2) is 0 Å². The number of benzene rings is 2. The topological polar surface area (TPSA) is 72.2 Å². The van der Waals surface area contributed by atoms with E-state index >= 15 is 0 Å². The number of carbonyl (C=O) groups is 1. The van der Waals surface area contributed by atoms with E-state index in [1.807, 2.05) is 6.07 Å². The van der Waals surface area contributed by atoms with Crippen molar-refractivity contribution in [2.45, 2.75) is 0 Å². The number of nitro groups is 1. The third kappa shape index (κ3) is 3.52. The highest BCUT2D eigenvalue weighted by atomic mass is 16.6. The highest BCUT2D eigenvalue weighted by molar-refractivity contribution is 6.04. The molecule has 0 aliphatic rings. The number of allylic oxidation sites excluding steroid dienone is 1. The van der Waals surface area contributed by atoms with Crippen molar-refractivity contribution >= 4 is 17.2 Å². The fourth-order valence-corrected chi connectivity index (χ4v) is 1.62. The number of ketones is 1. The summed E-state index contributed by atoms with van der Waals surface area (Å²) in [6.45, 7) is 0. The number of hydrogen-bond donors (Lipinski definition) is 1. The highest BCUT2D eigenvalue weighted by Gasteiger charge is 2.04. The normalized spacial score (nSPS) is 10.4. The molecule has 0 aromatic heterocycles. The van der Waals surface area contributed by atoms with Crippen LogP contribution >= 0.6 is 0 Å². The van der Waals surface area contributed by atoms with Gasteiger partial charge in [0.2, 0.25) is 0 Å². The molecule has 100 valence electrons. The molecule has 2 rings (SSSR count). The molecule has 2 aromatic carbocycles. The Labute approximate surface area is 115 Å². The summed E-state index contributed by atoms with van der Waals surface area (Å²) in [5.74, 6) is -0.136. The van der Waals surface area contributed by atoms with Crippen LogP contribution in [0.3, 0.4) is 0 Å². The largest absolute Gasteiger partial charge is 0.361 e. The lowest BCUT2D eigenvalue weighted by Crippen LogP contribution is -1.96. The van der Waals surface area contributed by atoms with Crippen molar-refractivity contribution < 1.29 is 9.72 Å². The minimum absolute atomic E-state index is 0.00205. The van der Waals surface area contributed by atoms with Gasteiger partial charge in [-0.1, -0.05) is 36.4 Å². The van der Waals surface area contributed by atoms with E-state index < -0.39 is 4.92 Å². The van der Waals surface area contributed by atoms with Gasteiger partial charge < -0.3 is 5.32 Å². The maximum absolute atomic E-state index is 11.8. The SMILES string of the molecule is O=C(C=CNc1cccc([N+](=O)[O-])c1)c1ccccc1. The van der Waals surface area contributed by atoms with Crippen LogP contribution in [0.15, 0.2) is 66.9 Å². The van der Waals surface area contributed by atoms with Gasteiger partial charge >= 0.3 is 0 Å². The summed E-state index contributed by atoms with van der Waals surface area (Å²) < 4.78 is 0. The predicted molar refractivity (Wildman–Crippen MR) is 76.6 cm³/mol.